The maximum atomic E-state index is 12.9. The standard InChI is InChI=1S/C20H24Cl2N4O2/c1-11(18(27)25-20(2,3)4)24-19(28)14-10-23-26(17(14)12-5-6-12)16-8-7-13(21)9-15(16)22/h7-12H,5-6H2,1-4H3,(H,24,28)(H,25,27). The molecule has 1 fully saturated rings. The van der Waals surface area contributed by atoms with E-state index in [0.29, 0.717) is 21.3 Å². The first-order valence-corrected chi connectivity index (χ1v) is 9.98. The van der Waals surface area contributed by atoms with Crippen molar-refractivity contribution in [3.8, 4) is 5.69 Å². The highest BCUT2D eigenvalue weighted by Crippen LogP contribution is 2.43. The molecule has 2 amide bonds. The Bertz CT molecular complexity index is 913. The summed E-state index contributed by atoms with van der Waals surface area (Å²) < 4.78 is 1.70. The lowest BCUT2D eigenvalue weighted by Crippen LogP contribution is -2.50. The smallest absolute Gasteiger partial charge is 0.255 e. The minimum Gasteiger partial charge on any atom is -0.350 e. The van der Waals surface area contributed by atoms with Crippen LogP contribution in [0.4, 0.5) is 0 Å². The van der Waals surface area contributed by atoms with Crippen LogP contribution in [0.15, 0.2) is 24.4 Å². The summed E-state index contributed by atoms with van der Waals surface area (Å²) in [7, 11) is 0. The van der Waals surface area contributed by atoms with Gasteiger partial charge in [-0.05, 0) is 58.7 Å². The molecule has 1 aliphatic rings. The number of halogens is 2. The fourth-order valence-electron chi connectivity index (χ4n) is 2.95. The zero-order valence-corrected chi connectivity index (χ0v) is 17.9. The number of hydrogen-bond donors (Lipinski definition) is 2. The van der Waals surface area contributed by atoms with Crippen molar-refractivity contribution < 1.29 is 9.59 Å². The lowest BCUT2D eigenvalue weighted by atomic mass is 10.1. The van der Waals surface area contributed by atoms with Crippen LogP contribution in [0.1, 0.15) is 62.5 Å². The molecule has 0 radical (unpaired) electrons. The van der Waals surface area contributed by atoms with Gasteiger partial charge in [0.25, 0.3) is 5.91 Å². The van der Waals surface area contributed by atoms with Crippen LogP contribution in [0.2, 0.25) is 10.0 Å². The van der Waals surface area contributed by atoms with Crippen molar-refractivity contribution in [2.24, 2.45) is 0 Å². The molecule has 28 heavy (non-hydrogen) atoms. The van der Waals surface area contributed by atoms with Crippen LogP contribution in [-0.4, -0.2) is 33.2 Å². The summed E-state index contributed by atoms with van der Waals surface area (Å²) in [6.07, 6.45) is 3.50. The van der Waals surface area contributed by atoms with Gasteiger partial charge in [0.2, 0.25) is 5.91 Å². The number of nitrogens with one attached hydrogen (secondary N) is 2. The predicted octanol–water partition coefficient (Wildman–Crippen LogP) is 4.09. The van der Waals surface area contributed by atoms with Gasteiger partial charge >= 0.3 is 0 Å². The van der Waals surface area contributed by atoms with Gasteiger partial charge < -0.3 is 10.6 Å². The second-order valence-electron chi connectivity index (χ2n) is 8.16. The third kappa shape index (κ3) is 4.67. The molecule has 1 aromatic heterocycles. The number of carbonyl (C=O) groups is 2. The number of aromatic nitrogens is 2. The molecule has 0 saturated heterocycles. The van der Waals surface area contributed by atoms with Gasteiger partial charge in [-0.25, -0.2) is 4.68 Å². The zero-order chi connectivity index (χ0) is 20.6. The molecule has 1 aromatic carbocycles. The molecule has 0 aliphatic heterocycles. The quantitative estimate of drug-likeness (QED) is 0.761. The second kappa shape index (κ2) is 7.76. The van der Waals surface area contributed by atoms with E-state index in [-0.39, 0.29) is 23.3 Å². The van der Waals surface area contributed by atoms with E-state index >= 15 is 0 Å². The monoisotopic (exact) mass is 422 g/mol. The maximum Gasteiger partial charge on any atom is 0.255 e. The van der Waals surface area contributed by atoms with Crippen molar-refractivity contribution in [1.82, 2.24) is 20.4 Å². The summed E-state index contributed by atoms with van der Waals surface area (Å²) in [4.78, 5) is 25.1. The number of amides is 2. The summed E-state index contributed by atoms with van der Waals surface area (Å²) in [6, 6.07) is 4.50. The van der Waals surface area contributed by atoms with E-state index in [9.17, 15) is 9.59 Å². The van der Waals surface area contributed by atoms with Gasteiger partial charge in [-0.3, -0.25) is 9.59 Å². The summed E-state index contributed by atoms with van der Waals surface area (Å²) in [6.45, 7) is 7.34. The van der Waals surface area contributed by atoms with Crippen molar-refractivity contribution in [2.75, 3.05) is 0 Å². The highest BCUT2D eigenvalue weighted by atomic mass is 35.5. The van der Waals surface area contributed by atoms with Gasteiger partial charge in [-0.2, -0.15) is 5.10 Å². The van der Waals surface area contributed by atoms with E-state index in [1.54, 1.807) is 29.8 Å². The maximum absolute atomic E-state index is 12.9. The normalized spacial score (nSPS) is 15.2. The first kappa shape index (κ1) is 20.7. The Balaban J connectivity index is 1.86. The molecule has 1 unspecified atom stereocenters. The lowest BCUT2D eigenvalue weighted by molar-refractivity contribution is -0.124. The third-order valence-corrected chi connectivity index (χ3v) is 4.93. The van der Waals surface area contributed by atoms with E-state index in [4.69, 9.17) is 23.2 Å². The molecule has 150 valence electrons. The Labute approximate surface area is 174 Å². The lowest BCUT2D eigenvalue weighted by Gasteiger charge is -2.23. The van der Waals surface area contributed by atoms with E-state index in [2.05, 4.69) is 15.7 Å². The van der Waals surface area contributed by atoms with Crippen molar-refractivity contribution >= 4 is 35.0 Å². The van der Waals surface area contributed by atoms with Gasteiger partial charge in [0, 0.05) is 16.5 Å². The molecule has 6 nitrogen and oxygen atoms in total. The van der Waals surface area contributed by atoms with Crippen LogP contribution in [0.5, 0.6) is 0 Å². The number of nitrogens with zero attached hydrogens (tertiary/aromatic N) is 2. The van der Waals surface area contributed by atoms with Gasteiger partial charge in [-0.15, -0.1) is 0 Å². The minimum atomic E-state index is -0.666. The van der Waals surface area contributed by atoms with E-state index in [1.165, 1.54) is 6.20 Å². The molecule has 1 saturated carbocycles. The molecule has 8 heteroatoms. The van der Waals surface area contributed by atoms with Crippen LogP contribution in [-0.2, 0) is 4.79 Å². The van der Waals surface area contributed by atoms with Crippen LogP contribution >= 0.6 is 23.2 Å². The minimum absolute atomic E-state index is 0.234. The van der Waals surface area contributed by atoms with Crippen LogP contribution in [0, 0.1) is 0 Å². The Hall–Kier alpha value is -2.05. The van der Waals surface area contributed by atoms with E-state index in [0.717, 1.165) is 18.5 Å². The molecule has 2 aromatic rings. The Morgan fingerprint density at radius 2 is 1.93 bits per heavy atom. The molecule has 3 rings (SSSR count). The summed E-state index contributed by atoms with van der Waals surface area (Å²) in [5.41, 5.74) is 1.57. The fourth-order valence-corrected chi connectivity index (χ4v) is 3.43. The van der Waals surface area contributed by atoms with Gasteiger partial charge in [-0.1, -0.05) is 23.2 Å². The van der Waals surface area contributed by atoms with E-state index in [1.807, 2.05) is 20.8 Å². The summed E-state index contributed by atoms with van der Waals surface area (Å²) in [5.74, 6) is -0.314. The fraction of sp³-hybridized carbons (Fsp3) is 0.450. The summed E-state index contributed by atoms with van der Waals surface area (Å²) >= 11 is 12.3. The molecular formula is C20H24Cl2N4O2. The summed E-state index contributed by atoms with van der Waals surface area (Å²) in [5, 5.41) is 11.0. The number of benzene rings is 1. The first-order chi connectivity index (χ1) is 13.1. The number of hydrogen-bond acceptors (Lipinski definition) is 3. The largest absolute Gasteiger partial charge is 0.350 e. The van der Waals surface area contributed by atoms with Gasteiger partial charge in [0.1, 0.15) is 6.04 Å². The molecule has 1 heterocycles. The first-order valence-electron chi connectivity index (χ1n) is 9.23. The highest BCUT2D eigenvalue weighted by Gasteiger charge is 2.34. The third-order valence-electron chi connectivity index (χ3n) is 4.39. The topological polar surface area (TPSA) is 76.0 Å². The van der Waals surface area contributed by atoms with Gasteiger partial charge in [0.05, 0.1) is 28.2 Å². The Kier molecular flexibility index (Phi) is 5.73. The Morgan fingerprint density at radius 3 is 2.50 bits per heavy atom. The predicted molar refractivity (Wildman–Crippen MR) is 110 cm³/mol. The average Bonchev–Trinajstić information content (AvgIpc) is 3.32. The zero-order valence-electron chi connectivity index (χ0n) is 16.3. The molecule has 0 spiro atoms. The van der Waals surface area contributed by atoms with Crippen molar-refractivity contribution in [1.29, 1.82) is 0 Å². The molecule has 0 bridgehead atoms. The van der Waals surface area contributed by atoms with Crippen molar-refractivity contribution in [3.63, 3.8) is 0 Å². The molecule has 2 N–H and O–H groups in total. The molecular weight excluding hydrogens is 399 g/mol. The number of carbonyl (C=O) groups excluding carboxylic acids is 2. The average molecular weight is 423 g/mol. The Morgan fingerprint density at radius 1 is 1.25 bits per heavy atom. The highest BCUT2D eigenvalue weighted by molar-refractivity contribution is 6.35. The van der Waals surface area contributed by atoms with Gasteiger partial charge in [0.15, 0.2) is 0 Å². The van der Waals surface area contributed by atoms with Crippen LogP contribution in [0.3, 0.4) is 0 Å². The molecule has 1 atom stereocenters. The second-order valence-corrected chi connectivity index (χ2v) is 9.00. The van der Waals surface area contributed by atoms with Crippen molar-refractivity contribution in [3.05, 3.63) is 45.7 Å². The SMILES string of the molecule is CC(NC(=O)c1cnn(-c2ccc(Cl)cc2Cl)c1C1CC1)C(=O)NC(C)(C)C. The molecule has 1 aliphatic carbocycles. The van der Waals surface area contributed by atoms with Crippen LogP contribution < -0.4 is 10.6 Å². The van der Waals surface area contributed by atoms with Crippen molar-refractivity contribution in [2.45, 2.75) is 58.0 Å². The number of rotatable bonds is 5. The van der Waals surface area contributed by atoms with Crippen LogP contribution in [0.25, 0.3) is 5.69 Å². The van der Waals surface area contributed by atoms with E-state index < -0.39 is 6.04 Å².